The summed E-state index contributed by atoms with van der Waals surface area (Å²) in [4.78, 5) is 2.45. The van der Waals surface area contributed by atoms with Gasteiger partial charge in [-0.2, -0.15) is 0 Å². The lowest BCUT2D eigenvalue weighted by Gasteiger charge is -2.37. The van der Waals surface area contributed by atoms with E-state index in [4.69, 9.17) is 4.74 Å². The molecular weight excluding hydrogens is 174 g/mol. The number of likely N-dealkylation sites (tertiary alicyclic amines) is 1. The summed E-state index contributed by atoms with van der Waals surface area (Å²) >= 11 is 0. The van der Waals surface area contributed by atoms with Crippen LogP contribution in [-0.4, -0.2) is 25.1 Å². The number of ether oxygens (including phenoxy) is 1. The second-order valence-corrected chi connectivity index (χ2v) is 4.11. The molecule has 0 radical (unpaired) electrons. The van der Waals surface area contributed by atoms with Gasteiger partial charge in [-0.1, -0.05) is 25.1 Å². The molecule has 0 spiro atoms. The third-order valence-electron chi connectivity index (χ3n) is 2.73. The first kappa shape index (κ1) is 9.53. The van der Waals surface area contributed by atoms with Gasteiger partial charge in [-0.3, -0.25) is 4.90 Å². The van der Waals surface area contributed by atoms with Gasteiger partial charge in [0.15, 0.2) is 0 Å². The molecule has 1 saturated heterocycles. The summed E-state index contributed by atoms with van der Waals surface area (Å²) in [5, 5.41) is 0. The predicted molar refractivity (Wildman–Crippen MR) is 57.4 cm³/mol. The van der Waals surface area contributed by atoms with E-state index in [1.165, 1.54) is 18.7 Å². The minimum atomic E-state index is 0.865. The van der Waals surface area contributed by atoms with Crippen LogP contribution in [0.3, 0.4) is 0 Å². The van der Waals surface area contributed by atoms with Crippen molar-refractivity contribution in [2.45, 2.75) is 13.5 Å². The Morgan fingerprint density at radius 2 is 2.07 bits per heavy atom. The molecule has 2 heteroatoms. The quantitative estimate of drug-likeness (QED) is 0.726. The summed E-state index contributed by atoms with van der Waals surface area (Å²) in [5.41, 5.74) is 1.29. The van der Waals surface area contributed by atoms with Crippen LogP contribution < -0.4 is 4.74 Å². The van der Waals surface area contributed by atoms with Crippen LogP contribution in [0.5, 0.6) is 5.75 Å². The topological polar surface area (TPSA) is 12.5 Å². The summed E-state index contributed by atoms with van der Waals surface area (Å²) in [6, 6.07) is 8.25. The molecule has 1 heterocycles. The molecule has 0 aliphatic carbocycles. The highest BCUT2D eigenvalue weighted by atomic mass is 16.5. The smallest absolute Gasteiger partial charge is 0.123 e. The molecule has 1 aromatic carbocycles. The average Bonchev–Trinajstić information content (AvgIpc) is 2.16. The third-order valence-corrected chi connectivity index (χ3v) is 2.73. The average molecular weight is 191 g/mol. The molecule has 0 aromatic heterocycles. The van der Waals surface area contributed by atoms with E-state index in [2.05, 4.69) is 24.0 Å². The monoisotopic (exact) mass is 191 g/mol. The van der Waals surface area contributed by atoms with Crippen molar-refractivity contribution in [1.29, 1.82) is 0 Å². The maximum atomic E-state index is 5.31. The van der Waals surface area contributed by atoms with Crippen molar-refractivity contribution in [3.05, 3.63) is 29.8 Å². The fraction of sp³-hybridized carbons (Fsp3) is 0.500. The molecule has 0 bridgehead atoms. The van der Waals surface area contributed by atoms with Gasteiger partial charge in [0.25, 0.3) is 0 Å². The molecule has 0 saturated carbocycles. The number of benzene rings is 1. The molecule has 0 amide bonds. The molecule has 2 rings (SSSR count). The lowest BCUT2D eigenvalue weighted by Crippen LogP contribution is -2.44. The van der Waals surface area contributed by atoms with Gasteiger partial charge in [-0.05, 0) is 12.0 Å². The van der Waals surface area contributed by atoms with Gasteiger partial charge in [0, 0.05) is 25.2 Å². The highest BCUT2D eigenvalue weighted by Gasteiger charge is 2.22. The summed E-state index contributed by atoms with van der Waals surface area (Å²) in [7, 11) is 1.73. The van der Waals surface area contributed by atoms with Gasteiger partial charge < -0.3 is 4.74 Å². The van der Waals surface area contributed by atoms with Crippen LogP contribution in [0.15, 0.2) is 24.3 Å². The first-order valence-electron chi connectivity index (χ1n) is 5.14. The molecule has 1 aromatic rings. The van der Waals surface area contributed by atoms with Gasteiger partial charge in [0.2, 0.25) is 0 Å². The minimum Gasteiger partial charge on any atom is -0.496 e. The Morgan fingerprint density at radius 3 is 2.71 bits per heavy atom. The van der Waals surface area contributed by atoms with E-state index in [1.54, 1.807) is 7.11 Å². The van der Waals surface area contributed by atoms with Crippen molar-refractivity contribution in [3.8, 4) is 5.75 Å². The number of para-hydroxylation sites is 1. The molecule has 76 valence electrons. The van der Waals surface area contributed by atoms with Crippen molar-refractivity contribution in [2.75, 3.05) is 20.2 Å². The Bertz CT molecular complexity index is 305. The normalized spacial score (nSPS) is 17.9. The zero-order chi connectivity index (χ0) is 9.97. The van der Waals surface area contributed by atoms with Crippen LogP contribution in [0, 0.1) is 5.92 Å². The molecule has 14 heavy (non-hydrogen) atoms. The highest BCUT2D eigenvalue weighted by Crippen LogP contribution is 2.23. The summed E-state index contributed by atoms with van der Waals surface area (Å²) < 4.78 is 5.31. The van der Waals surface area contributed by atoms with E-state index >= 15 is 0 Å². The van der Waals surface area contributed by atoms with Gasteiger partial charge in [-0.15, -0.1) is 0 Å². The van der Waals surface area contributed by atoms with Crippen LogP contribution >= 0.6 is 0 Å². The second kappa shape index (κ2) is 4.01. The Balaban J connectivity index is 2.01. The van der Waals surface area contributed by atoms with Gasteiger partial charge in [-0.25, -0.2) is 0 Å². The summed E-state index contributed by atoms with van der Waals surface area (Å²) in [6.07, 6.45) is 0. The second-order valence-electron chi connectivity index (χ2n) is 4.11. The van der Waals surface area contributed by atoms with Crippen LogP contribution in [0.2, 0.25) is 0 Å². The maximum absolute atomic E-state index is 5.31. The van der Waals surface area contributed by atoms with E-state index in [1.807, 2.05) is 12.1 Å². The molecule has 1 aliphatic heterocycles. The van der Waals surface area contributed by atoms with Gasteiger partial charge in [0.05, 0.1) is 7.11 Å². The highest BCUT2D eigenvalue weighted by molar-refractivity contribution is 5.33. The molecular formula is C12H17NO. The van der Waals surface area contributed by atoms with Crippen molar-refractivity contribution >= 4 is 0 Å². The van der Waals surface area contributed by atoms with E-state index in [9.17, 15) is 0 Å². The van der Waals surface area contributed by atoms with Crippen LogP contribution in [0.4, 0.5) is 0 Å². The third kappa shape index (κ3) is 1.90. The zero-order valence-electron chi connectivity index (χ0n) is 8.86. The molecule has 1 fully saturated rings. The Labute approximate surface area is 85.5 Å². The Morgan fingerprint density at radius 1 is 1.36 bits per heavy atom. The number of nitrogens with zero attached hydrogens (tertiary/aromatic N) is 1. The van der Waals surface area contributed by atoms with Crippen LogP contribution in [-0.2, 0) is 6.54 Å². The van der Waals surface area contributed by atoms with Crippen molar-refractivity contribution < 1.29 is 4.74 Å². The van der Waals surface area contributed by atoms with Crippen molar-refractivity contribution in [3.63, 3.8) is 0 Å². The standard InChI is InChI=1S/C12H17NO/c1-10-7-13(8-10)9-11-5-3-4-6-12(11)14-2/h3-6,10H,7-9H2,1-2H3. The number of methoxy groups -OCH3 is 1. The zero-order valence-corrected chi connectivity index (χ0v) is 8.86. The van der Waals surface area contributed by atoms with E-state index in [0.717, 1.165) is 18.2 Å². The lowest BCUT2D eigenvalue weighted by atomic mass is 10.0. The molecule has 0 atom stereocenters. The summed E-state index contributed by atoms with van der Waals surface area (Å²) in [5.74, 6) is 1.87. The van der Waals surface area contributed by atoms with Crippen molar-refractivity contribution in [2.24, 2.45) is 5.92 Å². The number of hydrogen-bond acceptors (Lipinski definition) is 2. The van der Waals surface area contributed by atoms with Crippen molar-refractivity contribution in [1.82, 2.24) is 4.90 Å². The fourth-order valence-electron chi connectivity index (χ4n) is 2.03. The van der Waals surface area contributed by atoms with E-state index in [-0.39, 0.29) is 0 Å². The van der Waals surface area contributed by atoms with Gasteiger partial charge >= 0.3 is 0 Å². The number of hydrogen-bond donors (Lipinski definition) is 0. The van der Waals surface area contributed by atoms with E-state index in [0.29, 0.717) is 0 Å². The molecule has 1 aliphatic rings. The first-order valence-corrected chi connectivity index (χ1v) is 5.14. The summed E-state index contributed by atoms with van der Waals surface area (Å²) in [6.45, 7) is 5.75. The Kier molecular flexibility index (Phi) is 2.73. The Hall–Kier alpha value is -1.02. The van der Waals surface area contributed by atoms with E-state index < -0.39 is 0 Å². The van der Waals surface area contributed by atoms with Crippen LogP contribution in [0.1, 0.15) is 12.5 Å². The lowest BCUT2D eigenvalue weighted by molar-refractivity contribution is 0.104. The molecule has 0 unspecified atom stereocenters. The minimum absolute atomic E-state index is 0.865. The maximum Gasteiger partial charge on any atom is 0.123 e. The SMILES string of the molecule is COc1ccccc1CN1CC(C)C1. The number of rotatable bonds is 3. The largest absolute Gasteiger partial charge is 0.496 e. The first-order chi connectivity index (χ1) is 6.79. The fourth-order valence-corrected chi connectivity index (χ4v) is 2.03. The molecule has 2 nitrogen and oxygen atoms in total. The van der Waals surface area contributed by atoms with Crippen LogP contribution in [0.25, 0.3) is 0 Å². The van der Waals surface area contributed by atoms with Gasteiger partial charge in [0.1, 0.15) is 5.75 Å². The predicted octanol–water partition coefficient (Wildman–Crippen LogP) is 2.15. The molecule has 0 N–H and O–H groups in total.